The zero-order valence-corrected chi connectivity index (χ0v) is 12.8. The SMILES string of the molecule is Cc1ccc([C@H](CNc2nnc(C3CCC3)o2)N(C)C)o1. The van der Waals surface area contributed by atoms with Gasteiger partial charge in [-0.25, -0.2) is 0 Å². The Balaban J connectivity index is 1.62. The van der Waals surface area contributed by atoms with Gasteiger partial charge in [0.2, 0.25) is 5.89 Å². The van der Waals surface area contributed by atoms with Gasteiger partial charge in [-0.2, -0.15) is 0 Å². The van der Waals surface area contributed by atoms with E-state index in [1.807, 2.05) is 33.2 Å². The molecule has 6 nitrogen and oxygen atoms in total. The number of nitrogens with one attached hydrogen (secondary N) is 1. The largest absolute Gasteiger partial charge is 0.465 e. The van der Waals surface area contributed by atoms with Gasteiger partial charge in [0, 0.05) is 12.5 Å². The average molecular weight is 290 g/mol. The van der Waals surface area contributed by atoms with E-state index < -0.39 is 0 Å². The van der Waals surface area contributed by atoms with E-state index in [1.165, 1.54) is 6.42 Å². The Kier molecular flexibility index (Phi) is 3.96. The normalized spacial score (nSPS) is 17.0. The van der Waals surface area contributed by atoms with E-state index in [0.29, 0.717) is 18.5 Å². The first-order valence-corrected chi connectivity index (χ1v) is 7.43. The lowest BCUT2D eigenvalue weighted by molar-refractivity contribution is 0.265. The Morgan fingerprint density at radius 3 is 2.67 bits per heavy atom. The quantitative estimate of drug-likeness (QED) is 0.882. The summed E-state index contributed by atoms with van der Waals surface area (Å²) in [6.45, 7) is 2.61. The number of likely N-dealkylation sites (N-methyl/N-ethyl adjacent to an activating group) is 1. The molecular weight excluding hydrogens is 268 g/mol. The molecule has 2 aromatic heterocycles. The van der Waals surface area contributed by atoms with Crippen LogP contribution in [0.1, 0.15) is 48.6 Å². The summed E-state index contributed by atoms with van der Waals surface area (Å²) in [5.74, 6) is 3.08. The highest BCUT2D eigenvalue weighted by molar-refractivity contribution is 5.21. The molecule has 114 valence electrons. The van der Waals surface area contributed by atoms with E-state index in [1.54, 1.807) is 0 Å². The first kappa shape index (κ1) is 14.1. The Bertz CT molecular complexity index is 586. The minimum Gasteiger partial charge on any atom is -0.465 e. The molecule has 0 radical (unpaired) electrons. The van der Waals surface area contributed by atoms with Crippen LogP contribution in [-0.2, 0) is 0 Å². The number of aromatic nitrogens is 2. The van der Waals surface area contributed by atoms with Gasteiger partial charge in [-0.1, -0.05) is 11.5 Å². The predicted octanol–water partition coefficient (Wildman–Crippen LogP) is 2.95. The fourth-order valence-corrected chi connectivity index (χ4v) is 2.48. The molecule has 0 bridgehead atoms. The highest BCUT2D eigenvalue weighted by atomic mass is 16.4. The number of hydrogen-bond donors (Lipinski definition) is 1. The van der Waals surface area contributed by atoms with Crippen molar-refractivity contribution in [1.82, 2.24) is 15.1 Å². The molecular formula is C15H22N4O2. The van der Waals surface area contributed by atoms with Gasteiger partial charge in [0.25, 0.3) is 0 Å². The van der Waals surface area contributed by atoms with Gasteiger partial charge in [0.05, 0.1) is 6.04 Å². The molecule has 0 amide bonds. The van der Waals surface area contributed by atoms with Crippen molar-refractivity contribution in [1.29, 1.82) is 0 Å². The molecule has 0 aromatic carbocycles. The van der Waals surface area contributed by atoms with Gasteiger partial charge in [0.1, 0.15) is 11.5 Å². The smallest absolute Gasteiger partial charge is 0.315 e. The highest BCUT2D eigenvalue weighted by Crippen LogP contribution is 2.35. The number of anilines is 1. The van der Waals surface area contributed by atoms with E-state index in [9.17, 15) is 0 Å². The number of nitrogens with zero attached hydrogens (tertiary/aromatic N) is 3. The molecule has 1 N–H and O–H groups in total. The van der Waals surface area contributed by atoms with Gasteiger partial charge in [0.15, 0.2) is 0 Å². The van der Waals surface area contributed by atoms with E-state index in [2.05, 4.69) is 20.4 Å². The molecule has 1 aliphatic rings. The summed E-state index contributed by atoms with van der Waals surface area (Å²) < 4.78 is 11.4. The minimum atomic E-state index is 0.123. The van der Waals surface area contributed by atoms with Crippen LogP contribution in [0, 0.1) is 6.92 Å². The number of hydrogen-bond acceptors (Lipinski definition) is 6. The van der Waals surface area contributed by atoms with Crippen molar-refractivity contribution >= 4 is 6.01 Å². The van der Waals surface area contributed by atoms with Gasteiger partial charge < -0.3 is 14.2 Å². The van der Waals surface area contributed by atoms with Crippen LogP contribution >= 0.6 is 0 Å². The van der Waals surface area contributed by atoms with E-state index >= 15 is 0 Å². The van der Waals surface area contributed by atoms with E-state index in [0.717, 1.165) is 30.3 Å². The van der Waals surface area contributed by atoms with Crippen molar-refractivity contribution in [2.75, 3.05) is 26.0 Å². The fourth-order valence-electron chi connectivity index (χ4n) is 2.48. The summed E-state index contributed by atoms with van der Waals surface area (Å²) in [4.78, 5) is 2.11. The predicted molar refractivity (Wildman–Crippen MR) is 79.3 cm³/mol. The number of rotatable bonds is 6. The average Bonchev–Trinajstić information content (AvgIpc) is 2.97. The standard InChI is InChI=1S/C15H22N4O2/c1-10-7-8-13(20-10)12(19(2)3)9-16-15-18-17-14(21-15)11-5-4-6-11/h7-8,11-12H,4-6,9H2,1-3H3,(H,16,18)/t12-/m0/s1. The van der Waals surface area contributed by atoms with Crippen LogP contribution in [0.25, 0.3) is 0 Å². The van der Waals surface area contributed by atoms with Crippen LogP contribution in [0.15, 0.2) is 21.0 Å². The second-order valence-electron chi connectivity index (χ2n) is 5.88. The summed E-state index contributed by atoms with van der Waals surface area (Å²) >= 11 is 0. The molecule has 0 spiro atoms. The maximum Gasteiger partial charge on any atom is 0.315 e. The van der Waals surface area contributed by atoms with Gasteiger partial charge in [-0.3, -0.25) is 4.90 Å². The maximum atomic E-state index is 5.72. The molecule has 6 heteroatoms. The van der Waals surface area contributed by atoms with Crippen molar-refractivity contribution in [3.05, 3.63) is 29.5 Å². The maximum absolute atomic E-state index is 5.72. The lowest BCUT2D eigenvalue weighted by Gasteiger charge is -2.22. The Labute approximate surface area is 124 Å². The summed E-state index contributed by atoms with van der Waals surface area (Å²) in [6.07, 6.45) is 3.58. The summed E-state index contributed by atoms with van der Waals surface area (Å²) in [5.41, 5.74) is 0. The molecule has 2 aromatic rings. The molecule has 3 rings (SSSR count). The lowest BCUT2D eigenvalue weighted by atomic mass is 9.85. The van der Waals surface area contributed by atoms with Crippen LogP contribution in [0.5, 0.6) is 0 Å². The van der Waals surface area contributed by atoms with Crippen molar-refractivity contribution in [2.24, 2.45) is 0 Å². The van der Waals surface area contributed by atoms with Crippen molar-refractivity contribution in [3.8, 4) is 0 Å². The van der Waals surface area contributed by atoms with Crippen LogP contribution in [0.3, 0.4) is 0 Å². The fraction of sp³-hybridized carbons (Fsp3) is 0.600. The van der Waals surface area contributed by atoms with E-state index in [-0.39, 0.29) is 6.04 Å². The lowest BCUT2D eigenvalue weighted by Crippen LogP contribution is -2.26. The molecule has 0 saturated heterocycles. The number of aryl methyl sites for hydroxylation is 1. The third-order valence-corrected chi connectivity index (χ3v) is 4.05. The third kappa shape index (κ3) is 3.10. The van der Waals surface area contributed by atoms with Crippen molar-refractivity contribution in [2.45, 2.75) is 38.1 Å². The van der Waals surface area contributed by atoms with Gasteiger partial charge in [-0.05, 0) is 46.0 Å². The molecule has 1 saturated carbocycles. The molecule has 0 unspecified atom stereocenters. The Hall–Kier alpha value is -1.82. The zero-order valence-electron chi connectivity index (χ0n) is 12.8. The molecule has 1 aliphatic carbocycles. The zero-order chi connectivity index (χ0) is 14.8. The van der Waals surface area contributed by atoms with Crippen LogP contribution in [0.2, 0.25) is 0 Å². The first-order chi connectivity index (χ1) is 10.1. The van der Waals surface area contributed by atoms with Crippen molar-refractivity contribution < 1.29 is 8.83 Å². The van der Waals surface area contributed by atoms with Crippen LogP contribution < -0.4 is 5.32 Å². The Morgan fingerprint density at radius 1 is 1.29 bits per heavy atom. The summed E-state index contributed by atoms with van der Waals surface area (Å²) in [5, 5.41) is 11.4. The highest BCUT2D eigenvalue weighted by Gasteiger charge is 2.25. The minimum absolute atomic E-state index is 0.123. The van der Waals surface area contributed by atoms with Crippen LogP contribution in [0.4, 0.5) is 6.01 Å². The van der Waals surface area contributed by atoms with E-state index in [4.69, 9.17) is 8.83 Å². The molecule has 21 heavy (non-hydrogen) atoms. The molecule has 1 fully saturated rings. The number of furan rings is 1. The monoisotopic (exact) mass is 290 g/mol. The van der Waals surface area contributed by atoms with Gasteiger partial charge >= 0.3 is 6.01 Å². The van der Waals surface area contributed by atoms with Gasteiger partial charge in [-0.15, -0.1) is 5.10 Å². The molecule has 2 heterocycles. The summed E-state index contributed by atoms with van der Waals surface area (Å²) in [6, 6.07) is 4.60. The molecule has 0 aliphatic heterocycles. The Morgan fingerprint density at radius 2 is 2.10 bits per heavy atom. The first-order valence-electron chi connectivity index (χ1n) is 7.43. The summed E-state index contributed by atoms with van der Waals surface area (Å²) in [7, 11) is 4.05. The topological polar surface area (TPSA) is 67.3 Å². The van der Waals surface area contributed by atoms with Crippen molar-refractivity contribution in [3.63, 3.8) is 0 Å². The third-order valence-electron chi connectivity index (χ3n) is 4.05. The second kappa shape index (κ2) is 5.89. The van der Waals surface area contributed by atoms with Crippen LogP contribution in [-0.4, -0.2) is 35.7 Å². The second-order valence-corrected chi connectivity index (χ2v) is 5.88. The molecule has 1 atom stereocenters.